The summed E-state index contributed by atoms with van der Waals surface area (Å²) in [5.74, 6) is 1.41. The largest absolute Gasteiger partial charge is 0.327 e. The molecule has 2 heteroatoms. The molecule has 0 amide bonds. The van der Waals surface area contributed by atoms with Gasteiger partial charge in [0.1, 0.15) is 0 Å². The van der Waals surface area contributed by atoms with E-state index in [1.54, 1.807) is 0 Å². The van der Waals surface area contributed by atoms with Gasteiger partial charge in [0.2, 0.25) is 0 Å². The third kappa shape index (κ3) is 5.39. The van der Waals surface area contributed by atoms with Gasteiger partial charge in [0, 0.05) is 6.04 Å². The summed E-state index contributed by atoms with van der Waals surface area (Å²) in [6.07, 6.45) is 6.62. The van der Waals surface area contributed by atoms with Gasteiger partial charge in [0.05, 0.1) is 0 Å². The first-order valence-electron chi connectivity index (χ1n) is 7.37. The molecule has 0 spiro atoms. The van der Waals surface area contributed by atoms with E-state index in [4.69, 9.17) is 5.73 Å². The van der Waals surface area contributed by atoms with Gasteiger partial charge in [0.25, 0.3) is 0 Å². The fourth-order valence-electron chi connectivity index (χ4n) is 2.46. The Morgan fingerprint density at radius 2 is 1.82 bits per heavy atom. The molecule has 2 nitrogen and oxygen atoms in total. The summed E-state index contributed by atoms with van der Waals surface area (Å²) in [5.41, 5.74) is 6.64. The fraction of sp³-hybridized carbons (Fsp3) is 1.00. The minimum Gasteiger partial charge on any atom is -0.327 e. The molecule has 0 heterocycles. The van der Waals surface area contributed by atoms with E-state index in [-0.39, 0.29) is 0 Å². The second-order valence-electron chi connectivity index (χ2n) is 6.99. The highest BCUT2D eigenvalue weighted by atomic mass is 14.9. The molecule has 3 unspecified atom stereocenters. The Morgan fingerprint density at radius 1 is 1.18 bits per heavy atom. The number of nitrogens with two attached hydrogens (primary N) is 1. The molecule has 1 aliphatic carbocycles. The SMILES string of the molecule is CC(CNCC1CCCCCC1N)C(C)(C)C. The molecule has 0 radical (unpaired) electrons. The highest BCUT2D eigenvalue weighted by Gasteiger charge is 2.22. The predicted molar refractivity (Wildman–Crippen MR) is 76.0 cm³/mol. The van der Waals surface area contributed by atoms with Gasteiger partial charge < -0.3 is 11.1 Å². The summed E-state index contributed by atoms with van der Waals surface area (Å²) < 4.78 is 0. The first-order chi connectivity index (χ1) is 7.91. The number of hydrogen-bond acceptors (Lipinski definition) is 2. The molecule has 0 aliphatic heterocycles. The van der Waals surface area contributed by atoms with Gasteiger partial charge in [-0.05, 0) is 43.2 Å². The van der Waals surface area contributed by atoms with E-state index in [0.29, 0.717) is 23.3 Å². The van der Waals surface area contributed by atoms with Crippen LogP contribution in [0.1, 0.15) is 59.8 Å². The Hall–Kier alpha value is -0.0800. The second-order valence-corrected chi connectivity index (χ2v) is 6.99. The molecule has 0 aromatic heterocycles. The van der Waals surface area contributed by atoms with E-state index in [1.807, 2.05) is 0 Å². The molecule has 102 valence electrons. The van der Waals surface area contributed by atoms with Crippen LogP contribution in [0.3, 0.4) is 0 Å². The molecule has 3 atom stereocenters. The number of rotatable bonds is 4. The van der Waals surface area contributed by atoms with Crippen LogP contribution in [0.5, 0.6) is 0 Å². The maximum absolute atomic E-state index is 6.24. The highest BCUT2D eigenvalue weighted by molar-refractivity contribution is 4.79. The standard InChI is InChI=1S/C15H32N2/c1-12(15(2,3)4)10-17-11-13-8-6-5-7-9-14(13)16/h12-14,17H,5-11,16H2,1-4H3. The van der Waals surface area contributed by atoms with Crippen molar-refractivity contribution in [1.29, 1.82) is 0 Å². The molecule has 17 heavy (non-hydrogen) atoms. The summed E-state index contributed by atoms with van der Waals surface area (Å²) >= 11 is 0. The molecule has 0 aromatic carbocycles. The van der Waals surface area contributed by atoms with Crippen LogP contribution in [0.4, 0.5) is 0 Å². The predicted octanol–water partition coefficient (Wildman–Crippen LogP) is 3.17. The summed E-state index contributed by atoms with van der Waals surface area (Å²) in [4.78, 5) is 0. The maximum atomic E-state index is 6.24. The molecule has 1 rings (SSSR count). The van der Waals surface area contributed by atoms with Crippen LogP contribution in [0.2, 0.25) is 0 Å². The minimum atomic E-state index is 0.401. The summed E-state index contributed by atoms with van der Waals surface area (Å²) in [5, 5.41) is 3.64. The molecule has 0 aromatic rings. The van der Waals surface area contributed by atoms with Crippen LogP contribution in [0.25, 0.3) is 0 Å². The van der Waals surface area contributed by atoms with E-state index in [0.717, 1.165) is 13.1 Å². The average Bonchev–Trinajstić information content (AvgIpc) is 2.42. The zero-order valence-corrected chi connectivity index (χ0v) is 12.3. The van der Waals surface area contributed by atoms with E-state index >= 15 is 0 Å². The quantitative estimate of drug-likeness (QED) is 0.741. The van der Waals surface area contributed by atoms with Gasteiger partial charge in [-0.3, -0.25) is 0 Å². The third-order valence-corrected chi connectivity index (χ3v) is 4.55. The highest BCUT2D eigenvalue weighted by Crippen LogP contribution is 2.25. The molecule has 1 saturated carbocycles. The van der Waals surface area contributed by atoms with Crippen molar-refractivity contribution in [3.8, 4) is 0 Å². The Labute approximate surface area is 108 Å². The van der Waals surface area contributed by atoms with Crippen LogP contribution in [-0.4, -0.2) is 19.1 Å². The number of nitrogens with one attached hydrogen (secondary N) is 1. The van der Waals surface area contributed by atoms with Crippen LogP contribution >= 0.6 is 0 Å². The van der Waals surface area contributed by atoms with Gasteiger partial charge in [-0.2, -0.15) is 0 Å². The molecule has 3 N–H and O–H groups in total. The van der Waals surface area contributed by atoms with Crippen molar-refractivity contribution in [2.45, 2.75) is 65.8 Å². The van der Waals surface area contributed by atoms with Crippen molar-refractivity contribution in [1.82, 2.24) is 5.32 Å². The van der Waals surface area contributed by atoms with Crippen molar-refractivity contribution in [3.63, 3.8) is 0 Å². The van der Waals surface area contributed by atoms with Crippen molar-refractivity contribution in [2.24, 2.45) is 23.0 Å². The molecule has 1 aliphatic rings. The third-order valence-electron chi connectivity index (χ3n) is 4.55. The van der Waals surface area contributed by atoms with Gasteiger partial charge in [0.15, 0.2) is 0 Å². The monoisotopic (exact) mass is 240 g/mol. The Balaban J connectivity index is 2.25. The smallest absolute Gasteiger partial charge is 0.00792 e. The zero-order chi connectivity index (χ0) is 12.9. The topological polar surface area (TPSA) is 38.0 Å². The van der Waals surface area contributed by atoms with Crippen molar-refractivity contribution in [2.75, 3.05) is 13.1 Å². The zero-order valence-electron chi connectivity index (χ0n) is 12.3. The van der Waals surface area contributed by atoms with Gasteiger partial charge in [-0.1, -0.05) is 47.0 Å². The Morgan fingerprint density at radius 3 is 2.47 bits per heavy atom. The number of hydrogen-bond donors (Lipinski definition) is 2. The average molecular weight is 240 g/mol. The second kappa shape index (κ2) is 6.75. The fourth-order valence-corrected chi connectivity index (χ4v) is 2.46. The van der Waals surface area contributed by atoms with Crippen molar-refractivity contribution < 1.29 is 0 Å². The summed E-state index contributed by atoms with van der Waals surface area (Å²) in [6, 6.07) is 0.426. The van der Waals surface area contributed by atoms with Crippen LogP contribution in [-0.2, 0) is 0 Å². The summed E-state index contributed by atoms with van der Waals surface area (Å²) in [6.45, 7) is 11.5. The normalized spacial score (nSPS) is 28.8. The van der Waals surface area contributed by atoms with E-state index in [9.17, 15) is 0 Å². The first-order valence-corrected chi connectivity index (χ1v) is 7.37. The van der Waals surface area contributed by atoms with Crippen LogP contribution < -0.4 is 11.1 Å². The van der Waals surface area contributed by atoms with Crippen molar-refractivity contribution in [3.05, 3.63) is 0 Å². The Kier molecular flexibility index (Phi) is 5.94. The lowest BCUT2D eigenvalue weighted by Crippen LogP contribution is -2.39. The van der Waals surface area contributed by atoms with Gasteiger partial charge in [-0.15, -0.1) is 0 Å². The molecular formula is C15H32N2. The molecular weight excluding hydrogens is 208 g/mol. The molecule has 0 bridgehead atoms. The van der Waals surface area contributed by atoms with Crippen LogP contribution in [0, 0.1) is 17.3 Å². The van der Waals surface area contributed by atoms with E-state index in [1.165, 1.54) is 32.1 Å². The van der Waals surface area contributed by atoms with Gasteiger partial charge in [-0.25, -0.2) is 0 Å². The molecule has 0 saturated heterocycles. The minimum absolute atomic E-state index is 0.401. The lowest BCUT2D eigenvalue weighted by Gasteiger charge is -2.29. The van der Waals surface area contributed by atoms with E-state index < -0.39 is 0 Å². The lowest BCUT2D eigenvalue weighted by atomic mass is 9.82. The molecule has 1 fully saturated rings. The van der Waals surface area contributed by atoms with Gasteiger partial charge >= 0.3 is 0 Å². The summed E-state index contributed by atoms with van der Waals surface area (Å²) in [7, 11) is 0. The van der Waals surface area contributed by atoms with Crippen LogP contribution in [0.15, 0.2) is 0 Å². The van der Waals surface area contributed by atoms with E-state index in [2.05, 4.69) is 33.0 Å². The van der Waals surface area contributed by atoms with Crippen molar-refractivity contribution >= 4 is 0 Å². The Bertz CT molecular complexity index is 207. The first kappa shape index (κ1) is 15.0. The lowest BCUT2D eigenvalue weighted by molar-refractivity contribution is 0.245. The maximum Gasteiger partial charge on any atom is 0.00792 e.